The van der Waals surface area contributed by atoms with E-state index in [0.29, 0.717) is 10.6 Å². The molecule has 3 N–H and O–H groups in total. The summed E-state index contributed by atoms with van der Waals surface area (Å²) < 4.78 is 0. The summed E-state index contributed by atoms with van der Waals surface area (Å²) in [5, 5.41) is 3.46. The Morgan fingerprint density at radius 1 is 1.31 bits per heavy atom. The van der Waals surface area contributed by atoms with Gasteiger partial charge in [0.15, 0.2) is 0 Å². The smallest absolute Gasteiger partial charge is 0.263 e. The summed E-state index contributed by atoms with van der Waals surface area (Å²) >= 11 is 1.33. The third kappa shape index (κ3) is 2.86. The van der Waals surface area contributed by atoms with E-state index in [0.717, 1.165) is 47.7 Å². The molecule has 0 spiro atoms. The van der Waals surface area contributed by atoms with Crippen LogP contribution in [0.4, 0.5) is 11.6 Å². The lowest BCUT2D eigenvalue weighted by Crippen LogP contribution is -2.35. The molecule has 7 nitrogen and oxygen atoms in total. The van der Waals surface area contributed by atoms with Gasteiger partial charge in [-0.3, -0.25) is 4.79 Å². The van der Waals surface area contributed by atoms with Gasteiger partial charge in [-0.2, -0.15) is 0 Å². The van der Waals surface area contributed by atoms with Gasteiger partial charge in [0, 0.05) is 31.4 Å². The van der Waals surface area contributed by atoms with Gasteiger partial charge < -0.3 is 16.0 Å². The summed E-state index contributed by atoms with van der Waals surface area (Å²) in [6.45, 7) is 0.907. The lowest BCUT2D eigenvalue weighted by Gasteiger charge is -2.35. The Morgan fingerprint density at radius 2 is 2.12 bits per heavy atom. The maximum atomic E-state index is 12.0. The van der Waals surface area contributed by atoms with E-state index in [1.54, 1.807) is 19.4 Å². The topological polar surface area (TPSA) is 97.0 Å². The zero-order valence-electron chi connectivity index (χ0n) is 14.5. The summed E-state index contributed by atoms with van der Waals surface area (Å²) in [5.74, 6) is 0.555. The average molecular weight is 368 g/mol. The number of nitrogens with one attached hydrogen (secondary N) is 1. The second kappa shape index (κ2) is 6.87. The molecule has 1 unspecified atom stereocenters. The molecular formula is C18H20N6OS. The number of nitrogens with zero attached hydrogens (tertiary/aromatic N) is 4. The van der Waals surface area contributed by atoms with Gasteiger partial charge in [-0.25, -0.2) is 15.0 Å². The lowest BCUT2D eigenvalue weighted by molar-refractivity contribution is 0.0968. The van der Waals surface area contributed by atoms with E-state index in [4.69, 9.17) is 10.7 Å². The Balaban J connectivity index is 1.74. The van der Waals surface area contributed by atoms with Crippen LogP contribution in [-0.4, -0.2) is 34.5 Å². The molecule has 8 heteroatoms. The maximum absolute atomic E-state index is 12.0. The fourth-order valence-electron chi connectivity index (χ4n) is 3.40. The summed E-state index contributed by atoms with van der Waals surface area (Å²) in [6.07, 6.45) is 6.79. The molecule has 1 aliphatic heterocycles. The highest BCUT2D eigenvalue weighted by atomic mass is 32.1. The second-order valence-electron chi connectivity index (χ2n) is 6.27. The van der Waals surface area contributed by atoms with Gasteiger partial charge in [0.1, 0.15) is 9.71 Å². The Labute approximate surface area is 155 Å². The van der Waals surface area contributed by atoms with Crippen LogP contribution in [0.3, 0.4) is 0 Å². The number of fused-ring (bicyclic) bond motifs is 1. The minimum absolute atomic E-state index is 0.127. The van der Waals surface area contributed by atoms with Crippen LogP contribution in [0.5, 0.6) is 0 Å². The van der Waals surface area contributed by atoms with Crippen molar-refractivity contribution in [2.24, 2.45) is 0 Å². The van der Waals surface area contributed by atoms with Gasteiger partial charge in [-0.15, -0.1) is 11.3 Å². The van der Waals surface area contributed by atoms with Crippen molar-refractivity contribution in [2.75, 3.05) is 24.2 Å². The molecule has 1 aliphatic rings. The first-order valence-corrected chi connectivity index (χ1v) is 9.45. The molecule has 26 heavy (non-hydrogen) atoms. The number of nitrogens with two attached hydrogens (primary N) is 1. The third-order valence-corrected chi connectivity index (χ3v) is 5.82. The first-order valence-electron chi connectivity index (χ1n) is 8.63. The first kappa shape index (κ1) is 16.7. The van der Waals surface area contributed by atoms with Crippen LogP contribution in [0.1, 0.15) is 40.7 Å². The van der Waals surface area contributed by atoms with Crippen molar-refractivity contribution >= 4 is 39.1 Å². The van der Waals surface area contributed by atoms with Crippen molar-refractivity contribution < 1.29 is 4.79 Å². The van der Waals surface area contributed by atoms with Gasteiger partial charge in [-0.05, 0) is 37.5 Å². The lowest BCUT2D eigenvalue weighted by atomic mass is 9.99. The number of amides is 1. The molecule has 0 radical (unpaired) electrons. The average Bonchev–Trinajstić information content (AvgIpc) is 3.04. The molecule has 4 rings (SSSR count). The highest BCUT2D eigenvalue weighted by Crippen LogP contribution is 2.37. The number of nitrogen functional groups attached to an aromatic ring is 1. The summed E-state index contributed by atoms with van der Waals surface area (Å²) in [6, 6.07) is 5.92. The van der Waals surface area contributed by atoms with Crippen molar-refractivity contribution in [2.45, 2.75) is 25.3 Å². The second-order valence-corrected chi connectivity index (χ2v) is 7.27. The summed E-state index contributed by atoms with van der Waals surface area (Å²) in [7, 11) is 1.60. The van der Waals surface area contributed by atoms with E-state index in [-0.39, 0.29) is 11.9 Å². The standard InChI is InChI=1S/C18H20N6OS/c1-20-16(25)15-14(19)11-6-7-12(23-17(11)26-15)13-5-2-3-10-24(13)18-21-8-4-9-22-18/h4,6-9,13H,2-3,5,10,19H2,1H3,(H,20,25). The van der Waals surface area contributed by atoms with Crippen LogP contribution in [0.25, 0.3) is 10.2 Å². The van der Waals surface area contributed by atoms with E-state index in [1.807, 2.05) is 18.2 Å². The number of carbonyl (C=O) groups is 1. The quantitative estimate of drug-likeness (QED) is 0.738. The number of carbonyl (C=O) groups excluding carboxylic acids is 1. The SMILES string of the molecule is CNC(=O)c1sc2nc(C3CCCCN3c3ncccn3)ccc2c1N. The van der Waals surface area contributed by atoms with Gasteiger partial charge in [0.05, 0.1) is 17.4 Å². The van der Waals surface area contributed by atoms with Crippen LogP contribution < -0.4 is 16.0 Å². The molecule has 1 fully saturated rings. The molecule has 0 saturated carbocycles. The molecule has 0 aromatic carbocycles. The summed E-state index contributed by atoms with van der Waals surface area (Å²) in [5.41, 5.74) is 7.60. The molecule has 3 aromatic rings. The van der Waals surface area contributed by atoms with E-state index < -0.39 is 0 Å². The van der Waals surface area contributed by atoms with E-state index in [2.05, 4.69) is 20.2 Å². The van der Waals surface area contributed by atoms with Gasteiger partial charge >= 0.3 is 0 Å². The van der Waals surface area contributed by atoms with Gasteiger partial charge in [0.2, 0.25) is 5.95 Å². The van der Waals surface area contributed by atoms with Crippen molar-refractivity contribution in [3.05, 3.63) is 41.2 Å². The van der Waals surface area contributed by atoms with Crippen molar-refractivity contribution in [1.82, 2.24) is 20.3 Å². The minimum Gasteiger partial charge on any atom is -0.397 e. The molecule has 4 heterocycles. The molecular weight excluding hydrogens is 348 g/mol. The Kier molecular flexibility index (Phi) is 4.42. The van der Waals surface area contributed by atoms with Crippen molar-refractivity contribution in [3.63, 3.8) is 0 Å². The predicted octanol–water partition coefficient (Wildman–Crippen LogP) is 2.76. The molecule has 0 aliphatic carbocycles. The molecule has 0 bridgehead atoms. The minimum atomic E-state index is -0.177. The van der Waals surface area contributed by atoms with Crippen molar-refractivity contribution in [1.29, 1.82) is 0 Å². The van der Waals surface area contributed by atoms with Crippen LogP contribution in [0.2, 0.25) is 0 Å². The van der Waals surface area contributed by atoms with Gasteiger partial charge in [-0.1, -0.05) is 0 Å². The molecule has 1 amide bonds. The highest BCUT2D eigenvalue weighted by molar-refractivity contribution is 7.21. The first-order chi connectivity index (χ1) is 12.7. The molecule has 134 valence electrons. The maximum Gasteiger partial charge on any atom is 0.263 e. The number of piperidine rings is 1. The van der Waals surface area contributed by atoms with Gasteiger partial charge in [0.25, 0.3) is 5.91 Å². The molecule has 3 aromatic heterocycles. The fraction of sp³-hybridized carbons (Fsp3) is 0.333. The van der Waals surface area contributed by atoms with E-state index >= 15 is 0 Å². The number of hydrogen-bond acceptors (Lipinski definition) is 7. The zero-order valence-corrected chi connectivity index (χ0v) is 15.3. The van der Waals surface area contributed by atoms with E-state index in [1.165, 1.54) is 11.3 Å². The Bertz CT molecular complexity index is 942. The van der Waals surface area contributed by atoms with Crippen molar-refractivity contribution in [3.8, 4) is 0 Å². The number of thiophene rings is 1. The molecule has 1 atom stereocenters. The number of rotatable bonds is 3. The van der Waals surface area contributed by atoms with E-state index in [9.17, 15) is 4.79 Å². The fourth-order valence-corrected chi connectivity index (χ4v) is 4.44. The van der Waals surface area contributed by atoms with Crippen LogP contribution in [0.15, 0.2) is 30.6 Å². The predicted molar refractivity (Wildman–Crippen MR) is 103 cm³/mol. The molecule has 1 saturated heterocycles. The number of anilines is 2. The number of aromatic nitrogens is 3. The normalized spacial score (nSPS) is 17.4. The summed E-state index contributed by atoms with van der Waals surface area (Å²) in [4.78, 5) is 29.2. The number of hydrogen-bond donors (Lipinski definition) is 2. The Hall–Kier alpha value is -2.74. The zero-order chi connectivity index (χ0) is 18.1. The number of pyridine rings is 1. The van der Waals surface area contributed by atoms with Crippen LogP contribution in [-0.2, 0) is 0 Å². The highest BCUT2D eigenvalue weighted by Gasteiger charge is 2.27. The largest absolute Gasteiger partial charge is 0.397 e. The third-order valence-electron chi connectivity index (χ3n) is 4.70. The van der Waals surface area contributed by atoms with Crippen LogP contribution in [0, 0.1) is 0 Å². The Morgan fingerprint density at radius 3 is 2.88 bits per heavy atom. The monoisotopic (exact) mass is 368 g/mol. The van der Waals surface area contributed by atoms with Crippen LogP contribution >= 0.6 is 11.3 Å².